The number of aromatic amines is 1. The number of carbonyl (C=O) groups is 1. The van der Waals surface area contributed by atoms with Crippen LogP contribution in [-0.4, -0.2) is 52.9 Å². The first-order valence-electron chi connectivity index (χ1n) is 9.37. The predicted octanol–water partition coefficient (Wildman–Crippen LogP) is 2.39. The van der Waals surface area contributed by atoms with Gasteiger partial charge in [0.15, 0.2) is 5.96 Å². The van der Waals surface area contributed by atoms with Crippen LogP contribution in [-0.2, 0) is 11.3 Å². The third-order valence-electron chi connectivity index (χ3n) is 3.85. The van der Waals surface area contributed by atoms with Gasteiger partial charge in [0, 0.05) is 26.1 Å². The third-order valence-corrected chi connectivity index (χ3v) is 3.85. The van der Waals surface area contributed by atoms with E-state index in [0.717, 1.165) is 29.6 Å². The second-order valence-corrected chi connectivity index (χ2v) is 6.67. The quantitative estimate of drug-likeness (QED) is 0.492. The van der Waals surface area contributed by atoms with E-state index in [1.807, 2.05) is 57.1 Å². The Balaban J connectivity index is 1.96. The molecule has 1 aromatic carbocycles. The summed E-state index contributed by atoms with van der Waals surface area (Å²) < 4.78 is 0. The highest BCUT2D eigenvalue weighted by molar-refractivity contribution is 5.80. The van der Waals surface area contributed by atoms with Crippen molar-refractivity contribution in [1.82, 2.24) is 25.5 Å². The Morgan fingerprint density at radius 1 is 1.30 bits per heavy atom. The molecule has 0 unspecified atom stereocenters. The molecule has 27 heavy (non-hydrogen) atoms. The Bertz CT molecular complexity index is 738. The lowest BCUT2D eigenvalue weighted by molar-refractivity contribution is -0.121. The molecule has 0 spiro atoms. The van der Waals surface area contributed by atoms with Crippen LogP contribution in [0.1, 0.15) is 33.0 Å². The number of imidazole rings is 1. The van der Waals surface area contributed by atoms with Crippen molar-refractivity contribution in [2.75, 3.05) is 20.1 Å². The summed E-state index contributed by atoms with van der Waals surface area (Å²) in [5.41, 5.74) is 2.10. The van der Waals surface area contributed by atoms with Crippen molar-refractivity contribution in [2.24, 2.45) is 4.99 Å². The van der Waals surface area contributed by atoms with Crippen LogP contribution in [0.3, 0.4) is 0 Å². The highest BCUT2D eigenvalue weighted by Crippen LogP contribution is 2.16. The molecule has 146 valence electrons. The van der Waals surface area contributed by atoms with Gasteiger partial charge in [-0.1, -0.05) is 30.3 Å². The number of benzene rings is 1. The van der Waals surface area contributed by atoms with Gasteiger partial charge in [0.25, 0.3) is 0 Å². The van der Waals surface area contributed by atoms with E-state index in [2.05, 4.69) is 37.7 Å². The second kappa shape index (κ2) is 10.4. The number of H-pyrrole nitrogens is 1. The number of carbonyl (C=O) groups excluding carboxylic acids is 1. The van der Waals surface area contributed by atoms with E-state index in [1.165, 1.54) is 0 Å². The first kappa shape index (κ1) is 20.5. The van der Waals surface area contributed by atoms with Crippen LogP contribution >= 0.6 is 0 Å². The predicted molar refractivity (Wildman–Crippen MR) is 109 cm³/mol. The molecule has 0 atom stereocenters. The molecule has 1 aromatic heterocycles. The second-order valence-electron chi connectivity index (χ2n) is 6.67. The molecule has 2 aromatic rings. The van der Waals surface area contributed by atoms with Crippen LogP contribution in [0.25, 0.3) is 11.3 Å². The maximum absolute atomic E-state index is 11.8. The van der Waals surface area contributed by atoms with Gasteiger partial charge < -0.3 is 20.5 Å². The van der Waals surface area contributed by atoms with Crippen molar-refractivity contribution in [3.05, 3.63) is 42.4 Å². The molecular formula is C20H30N6O. The minimum atomic E-state index is 0.0192. The summed E-state index contributed by atoms with van der Waals surface area (Å²) in [4.78, 5) is 26.1. The van der Waals surface area contributed by atoms with Crippen molar-refractivity contribution in [3.63, 3.8) is 0 Å². The topological polar surface area (TPSA) is 85.4 Å². The number of hydrogen-bond acceptors (Lipinski definition) is 3. The molecule has 0 radical (unpaired) electrons. The number of aromatic nitrogens is 2. The van der Waals surface area contributed by atoms with Crippen LogP contribution in [0.4, 0.5) is 0 Å². The van der Waals surface area contributed by atoms with Crippen molar-refractivity contribution in [3.8, 4) is 11.3 Å². The van der Waals surface area contributed by atoms with E-state index in [4.69, 9.17) is 0 Å². The van der Waals surface area contributed by atoms with Crippen molar-refractivity contribution in [2.45, 2.75) is 39.8 Å². The average molecular weight is 371 g/mol. The number of hydrogen-bond donors (Lipinski definition) is 3. The zero-order valence-electron chi connectivity index (χ0n) is 16.6. The van der Waals surface area contributed by atoms with E-state index >= 15 is 0 Å². The largest absolute Gasteiger partial charge is 0.357 e. The summed E-state index contributed by atoms with van der Waals surface area (Å²) in [7, 11) is 1.96. The molecule has 7 heteroatoms. The Morgan fingerprint density at radius 2 is 2.04 bits per heavy atom. The first-order valence-corrected chi connectivity index (χ1v) is 9.37. The summed E-state index contributed by atoms with van der Waals surface area (Å²) in [6.45, 7) is 7.72. The molecule has 0 aliphatic heterocycles. The SMILES string of the molecule is CCNC(=NCCC(=O)NC(C)C)N(C)Cc1ncc(-c2ccccc2)[nH]1. The van der Waals surface area contributed by atoms with E-state index in [0.29, 0.717) is 19.5 Å². The number of nitrogens with zero attached hydrogens (tertiary/aromatic N) is 3. The average Bonchev–Trinajstić information content (AvgIpc) is 3.09. The molecule has 1 amide bonds. The van der Waals surface area contributed by atoms with Gasteiger partial charge in [-0.05, 0) is 26.3 Å². The molecule has 3 N–H and O–H groups in total. The number of nitrogens with one attached hydrogen (secondary N) is 3. The summed E-state index contributed by atoms with van der Waals surface area (Å²) in [6, 6.07) is 10.3. The minimum absolute atomic E-state index is 0.0192. The highest BCUT2D eigenvalue weighted by atomic mass is 16.1. The molecule has 1 heterocycles. The Hall–Kier alpha value is -2.83. The van der Waals surface area contributed by atoms with E-state index < -0.39 is 0 Å². The zero-order chi connectivity index (χ0) is 19.6. The van der Waals surface area contributed by atoms with Crippen molar-refractivity contribution < 1.29 is 4.79 Å². The smallest absolute Gasteiger partial charge is 0.222 e. The van der Waals surface area contributed by atoms with E-state index in [9.17, 15) is 4.79 Å². The number of guanidine groups is 1. The fraction of sp³-hybridized carbons (Fsp3) is 0.450. The standard InChI is InChI=1S/C20H30N6O/c1-5-21-20(22-12-11-19(27)24-15(2)3)26(4)14-18-23-13-17(25-18)16-9-7-6-8-10-16/h6-10,13,15H,5,11-12,14H2,1-4H3,(H,21,22)(H,23,25)(H,24,27). The maximum atomic E-state index is 11.8. The van der Waals surface area contributed by atoms with E-state index in [-0.39, 0.29) is 11.9 Å². The van der Waals surface area contributed by atoms with E-state index in [1.54, 1.807) is 0 Å². The molecule has 0 saturated carbocycles. The normalized spacial score (nSPS) is 11.5. The fourth-order valence-corrected chi connectivity index (χ4v) is 2.63. The van der Waals surface area contributed by atoms with Crippen LogP contribution in [0.2, 0.25) is 0 Å². The van der Waals surface area contributed by atoms with Gasteiger partial charge in [0.05, 0.1) is 25.0 Å². The molecular weight excluding hydrogens is 340 g/mol. The molecule has 0 aliphatic carbocycles. The zero-order valence-corrected chi connectivity index (χ0v) is 16.6. The Labute approximate surface area is 161 Å². The number of amides is 1. The van der Waals surface area contributed by atoms with Crippen molar-refractivity contribution in [1.29, 1.82) is 0 Å². The number of aliphatic imine (C=N–C) groups is 1. The van der Waals surface area contributed by atoms with Crippen LogP contribution in [0.5, 0.6) is 0 Å². The summed E-state index contributed by atoms with van der Waals surface area (Å²) in [5.74, 6) is 1.64. The van der Waals surface area contributed by atoms with Crippen LogP contribution < -0.4 is 10.6 Å². The van der Waals surface area contributed by atoms with Gasteiger partial charge in [0.1, 0.15) is 5.82 Å². The maximum Gasteiger partial charge on any atom is 0.222 e. The minimum Gasteiger partial charge on any atom is -0.357 e. The van der Waals surface area contributed by atoms with Gasteiger partial charge in [-0.2, -0.15) is 0 Å². The van der Waals surface area contributed by atoms with Gasteiger partial charge >= 0.3 is 0 Å². The molecule has 2 rings (SSSR count). The Kier molecular flexibility index (Phi) is 7.85. The monoisotopic (exact) mass is 370 g/mol. The molecule has 0 saturated heterocycles. The highest BCUT2D eigenvalue weighted by Gasteiger charge is 2.10. The Morgan fingerprint density at radius 3 is 2.70 bits per heavy atom. The summed E-state index contributed by atoms with van der Waals surface area (Å²) >= 11 is 0. The molecule has 0 aliphatic rings. The fourth-order valence-electron chi connectivity index (χ4n) is 2.63. The van der Waals surface area contributed by atoms with Gasteiger partial charge in [0.2, 0.25) is 5.91 Å². The lowest BCUT2D eigenvalue weighted by Gasteiger charge is -2.21. The lowest BCUT2D eigenvalue weighted by atomic mass is 10.2. The van der Waals surface area contributed by atoms with Crippen LogP contribution in [0, 0.1) is 0 Å². The first-order chi connectivity index (χ1) is 13.0. The van der Waals surface area contributed by atoms with Crippen molar-refractivity contribution >= 4 is 11.9 Å². The van der Waals surface area contributed by atoms with Crippen LogP contribution in [0.15, 0.2) is 41.5 Å². The van der Waals surface area contributed by atoms with Gasteiger partial charge in [-0.25, -0.2) is 4.98 Å². The van der Waals surface area contributed by atoms with Gasteiger partial charge in [-0.3, -0.25) is 9.79 Å². The van der Waals surface area contributed by atoms with Gasteiger partial charge in [-0.15, -0.1) is 0 Å². The lowest BCUT2D eigenvalue weighted by Crippen LogP contribution is -2.39. The third kappa shape index (κ3) is 6.77. The summed E-state index contributed by atoms with van der Waals surface area (Å²) in [6.07, 6.45) is 2.22. The molecule has 7 nitrogen and oxygen atoms in total. The molecule has 0 fully saturated rings. The number of rotatable bonds is 8. The molecule has 0 bridgehead atoms. The summed E-state index contributed by atoms with van der Waals surface area (Å²) in [5, 5.41) is 6.14.